The minimum atomic E-state index is -1.61. The average molecular weight is 276 g/mol. The molecule has 0 aliphatic heterocycles. The normalized spacial score (nSPS) is 10.6. The van der Waals surface area contributed by atoms with Gasteiger partial charge in [-0.15, -0.1) is 10.2 Å². The van der Waals surface area contributed by atoms with Crippen LogP contribution < -0.4 is 10.2 Å². The number of aryl methyl sites for hydroxylation is 1. The molecule has 2 N–H and O–H groups in total. The van der Waals surface area contributed by atoms with E-state index in [9.17, 15) is 10.0 Å². The van der Waals surface area contributed by atoms with Gasteiger partial charge in [-0.25, -0.2) is 0 Å². The fourth-order valence-electron chi connectivity index (χ4n) is 1.78. The van der Waals surface area contributed by atoms with Gasteiger partial charge in [-0.2, -0.15) is 0 Å². The molecule has 0 bridgehead atoms. The molecule has 0 aliphatic carbocycles. The minimum absolute atomic E-state index is 0.242. The summed E-state index contributed by atoms with van der Waals surface area (Å²) in [6.07, 6.45) is 2.00. The number of benzene rings is 1. The van der Waals surface area contributed by atoms with E-state index in [1.54, 1.807) is 25.1 Å². The van der Waals surface area contributed by atoms with Crippen molar-refractivity contribution in [2.75, 3.05) is 6.61 Å². The first kappa shape index (κ1) is 14.6. The molecule has 0 amide bonds. The van der Waals surface area contributed by atoms with E-state index < -0.39 is 7.12 Å². The van der Waals surface area contributed by atoms with Gasteiger partial charge in [0, 0.05) is 12.5 Å². The van der Waals surface area contributed by atoms with E-state index in [1.807, 2.05) is 0 Å². The van der Waals surface area contributed by atoms with Crippen LogP contribution in [0.25, 0.3) is 11.5 Å². The van der Waals surface area contributed by atoms with Crippen LogP contribution in [0, 0.1) is 6.92 Å². The topological polar surface area (TPSA) is 88.6 Å². The van der Waals surface area contributed by atoms with Crippen molar-refractivity contribution in [1.82, 2.24) is 10.2 Å². The smallest absolute Gasteiger partial charge is 0.489 e. The molecule has 0 aliphatic rings. The van der Waals surface area contributed by atoms with Crippen molar-refractivity contribution >= 4 is 12.6 Å². The third kappa shape index (κ3) is 3.37. The van der Waals surface area contributed by atoms with Crippen LogP contribution in [0.1, 0.15) is 25.7 Å². The predicted molar refractivity (Wildman–Crippen MR) is 74.7 cm³/mol. The Morgan fingerprint density at radius 3 is 2.70 bits per heavy atom. The van der Waals surface area contributed by atoms with Crippen LogP contribution in [0.2, 0.25) is 0 Å². The maximum absolute atomic E-state index is 9.40. The van der Waals surface area contributed by atoms with E-state index in [1.165, 1.54) is 0 Å². The van der Waals surface area contributed by atoms with Gasteiger partial charge in [-0.1, -0.05) is 19.4 Å². The molecule has 0 saturated heterocycles. The van der Waals surface area contributed by atoms with Gasteiger partial charge in [0.25, 0.3) is 0 Å². The molecule has 7 heteroatoms. The minimum Gasteiger partial charge on any atom is -0.494 e. The van der Waals surface area contributed by atoms with Crippen LogP contribution in [0.4, 0.5) is 0 Å². The van der Waals surface area contributed by atoms with E-state index in [2.05, 4.69) is 17.1 Å². The molecule has 106 valence electrons. The lowest BCUT2D eigenvalue weighted by Crippen LogP contribution is -2.31. The lowest BCUT2D eigenvalue weighted by Gasteiger charge is -2.10. The fraction of sp³-hybridized carbons (Fsp3) is 0.385. The number of nitrogens with zero attached hydrogens (tertiary/aromatic N) is 2. The zero-order valence-electron chi connectivity index (χ0n) is 11.5. The highest BCUT2D eigenvalue weighted by Crippen LogP contribution is 2.21. The summed E-state index contributed by atoms with van der Waals surface area (Å²) in [5, 5.41) is 26.5. The van der Waals surface area contributed by atoms with Crippen molar-refractivity contribution in [2.45, 2.75) is 26.7 Å². The number of hydrogen-bond acceptors (Lipinski definition) is 6. The second-order valence-electron chi connectivity index (χ2n) is 4.45. The van der Waals surface area contributed by atoms with Crippen LogP contribution in [0.15, 0.2) is 22.6 Å². The third-order valence-corrected chi connectivity index (χ3v) is 2.83. The number of hydrogen-bond donors (Lipinski definition) is 2. The van der Waals surface area contributed by atoms with Gasteiger partial charge >= 0.3 is 7.12 Å². The molecule has 2 aromatic rings. The van der Waals surface area contributed by atoms with Crippen molar-refractivity contribution in [1.29, 1.82) is 0 Å². The second-order valence-corrected chi connectivity index (χ2v) is 4.45. The average Bonchev–Trinajstić information content (AvgIpc) is 2.85. The molecule has 20 heavy (non-hydrogen) atoms. The Morgan fingerprint density at radius 1 is 1.30 bits per heavy atom. The van der Waals surface area contributed by atoms with Gasteiger partial charge in [-0.3, -0.25) is 0 Å². The SMILES string of the molecule is CCCCOc1ccc(B(O)O)c(-c2nnc(C)o2)c1. The summed E-state index contributed by atoms with van der Waals surface area (Å²) in [6, 6.07) is 4.95. The van der Waals surface area contributed by atoms with E-state index in [-0.39, 0.29) is 5.89 Å². The Kier molecular flexibility index (Phi) is 4.76. The number of aromatic nitrogens is 2. The summed E-state index contributed by atoms with van der Waals surface area (Å²) >= 11 is 0. The van der Waals surface area contributed by atoms with Gasteiger partial charge in [-0.05, 0) is 24.0 Å². The van der Waals surface area contributed by atoms with Gasteiger partial charge in [0.15, 0.2) is 0 Å². The molecule has 0 radical (unpaired) electrons. The molecule has 0 unspecified atom stereocenters. The van der Waals surface area contributed by atoms with Crippen molar-refractivity contribution in [3.63, 3.8) is 0 Å². The Morgan fingerprint density at radius 2 is 2.10 bits per heavy atom. The first-order valence-electron chi connectivity index (χ1n) is 6.55. The molecule has 0 saturated carbocycles. The Labute approximate surface area is 117 Å². The summed E-state index contributed by atoms with van der Waals surface area (Å²) in [5.41, 5.74) is 0.770. The first-order chi connectivity index (χ1) is 9.61. The van der Waals surface area contributed by atoms with Gasteiger partial charge in [0.1, 0.15) is 5.75 Å². The highest BCUT2D eigenvalue weighted by Gasteiger charge is 2.21. The lowest BCUT2D eigenvalue weighted by atomic mass is 9.77. The van der Waals surface area contributed by atoms with Crippen molar-refractivity contribution < 1.29 is 19.2 Å². The monoisotopic (exact) mass is 276 g/mol. The Hall–Kier alpha value is -1.86. The molecule has 0 fully saturated rings. The molecule has 2 rings (SSSR count). The van der Waals surface area contributed by atoms with Crippen LogP contribution in [-0.4, -0.2) is 34.0 Å². The molecular weight excluding hydrogens is 259 g/mol. The molecule has 0 atom stereocenters. The summed E-state index contributed by atoms with van der Waals surface area (Å²) in [5.74, 6) is 1.29. The zero-order chi connectivity index (χ0) is 14.5. The molecule has 0 spiro atoms. The predicted octanol–water partition coefficient (Wildman–Crippen LogP) is 0.904. The van der Waals surface area contributed by atoms with Crippen molar-refractivity contribution in [3.8, 4) is 17.2 Å². The summed E-state index contributed by atoms with van der Waals surface area (Å²) < 4.78 is 10.9. The van der Waals surface area contributed by atoms with Gasteiger partial charge in [0.2, 0.25) is 11.8 Å². The third-order valence-electron chi connectivity index (χ3n) is 2.83. The fourth-order valence-corrected chi connectivity index (χ4v) is 1.78. The van der Waals surface area contributed by atoms with E-state index in [0.717, 1.165) is 12.8 Å². The number of rotatable bonds is 6. The van der Waals surface area contributed by atoms with Crippen LogP contribution >= 0.6 is 0 Å². The van der Waals surface area contributed by atoms with Crippen molar-refractivity contribution in [2.24, 2.45) is 0 Å². The first-order valence-corrected chi connectivity index (χ1v) is 6.55. The van der Waals surface area contributed by atoms with Crippen LogP contribution in [0.5, 0.6) is 5.75 Å². The number of unbranched alkanes of at least 4 members (excludes halogenated alkanes) is 1. The van der Waals surface area contributed by atoms with Gasteiger partial charge in [0.05, 0.1) is 6.61 Å². The summed E-state index contributed by atoms with van der Waals surface area (Å²) in [7, 11) is -1.61. The molecule has 1 aromatic heterocycles. The Bertz CT molecular complexity index is 571. The molecule has 1 aromatic carbocycles. The second kappa shape index (κ2) is 6.54. The highest BCUT2D eigenvalue weighted by atomic mass is 16.5. The molecule has 1 heterocycles. The standard InChI is InChI=1S/C13H17BN2O4/c1-3-4-7-19-10-5-6-12(14(17)18)11(8-10)13-16-15-9(2)20-13/h5-6,8,17-18H,3-4,7H2,1-2H3. The van der Waals surface area contributed by atoms with Crippen molar-refractivity contribution in [3.05, 3.63) is 24.1 Å². The largest absolute Gasteiger partial charge is 0.494 e. The summed E-state index contributed by atoms with van der Waals surface area (Å²) in [6.45, 7) is 4.37. The van der Waals surface area contributed by atoms with Crippen LogP contribution in [-0.2, 0) is 0 Å². The van der Waals surface area contributed by atoms with E-state index in [4.69, 9.17) is 9.15 Å². The molecular formula is C13H17BN2O4. The van der Waals surface area contributed by atoms with E-state index >= 15 is 0 Å². The quantitative estimate of drug-likeness (QED) is 0.602. The maximum atomic E-state index is 9.40. The zero-order valence-corrected chi connectivity index (χ0v) is 11.5. The Balaban J connectivity index is 2.32. The summed E-state index contributed by atoms with van der Waals surface area (Å²) in [4.78, 5) is 0. The highest BCUT2D eigenvalue weighted by molar-refractivity contribution is 6.60. The maximum Gasteiger partial charge on any atom is 0.489 e. The van der Waals surface area contributed by atoms with E-state index in [0.29, 0.717) is 29.3 Å². The van der Waals surface area contributed by atoms with Crippen LogP contribution in [0.3, 0.4) is 0 Å². The van der Waals surface area contributed by atoms with Gasteiger partial charge < -0.3 is 19.2 Å². The number of ether oxygens (including phenoxy) is 1. The lowest BCUT2D eigenvalue weighted by molar-refractivity contribution is 0.309. The molecule has 6 nitrogen and oxygen atoms in total.